The van der Waals surface area contributed by atoms with Crippen molar-refractivity contribution >= 4 is 29.8 Å². The number of nitrogens with one attached hydrogen (secondary N) is 2. The number of carbonyl (C=O) groups excluding carboxylic acids is 1. The average Bonchev–Trinajstić information content (AvgIpc) is 3.61. The van der Waals surface area contributed by atoms with Gasteiger partial charge in [0.15, 0.2) is 0 Å². The Balaban J connectivity index is 0.00000259. The van der Waals surface area contributed by atoms with Gasteiger partial charge in [-0.3, -0.25) is 4.79 Å². The molecule has 0 aliphatic heterocycles. The predicted molar refractivity (Wildman–Crippen MR) is 131 cm³/mol. The van der Waals surface area contributed by atoms with Crippen molar-refractivity contribution in [2.45, 2.75) is 18.4 Å². The van der Waals surface area contributed by atoms with Gasteiger partial charge >= 0.3 is 0 Å². The molecule has 2 atom stereocenters. The Kier molecular flexibility index (Phi) is 6.86. The number of carbonyl (C=O) groups is 1. The molecule has 2 N–H and O–H groups in total. The minimum atomic E-state index is -0.176. The average molecular weight is 459 g/mol. The summed E-state index contributed by atoms with van der Waals surface area (Å²) in [5.74, 6) is 1.83. The SMILES string of the molecule is Cl.O=C(N[C@H]1C[C@@H]1c1ccccc1)c1cccnc1Oc1ccc(Nc2ccccn2)cc1. The highest BCUT2D eigenvalue weighted by atomic mass is 35.5. The molecule has 1 aliphatic carbocycles. The van der Waals surface area contributed by atoms with Crippen molar-refractivity contribution in [2.24, 2.45) is 0 Å². The zero-order valence-electron chi connectivity index (χ0n) is 17.7. The summed E-state index contributed by atoms with van der Waals surface area (Å²) in [5.41, 5.74) is 2.55. The summed E-state index contributed by atoms with van der Waals surface area (Å²) in [6.45, 7) is 0. The molecule has 33 heavy (non-hydrogen) atoms. The molecule has 6 nitrogen and oxygen atoms in total. The molecule has 166 valence electrons. The minimum absolute atomic E-state index is 0. The maximum Gasteiger partial charge on any atom is 0.257 e. The Labute approximate surface area is 198 Å². The number of hydrogen-bond donors (Lipinski definition) is 2. The number of aromatic nitrogens is 2. The van der Waals surface area contributed by atoms with Crippen LogP contribution in [-0.2, 0) is 0 Å². The molecule has 5 rings (SSSR count). The molecule has 1 saturated carbocycles. The van der Waals surface area contributed by atoms with Crippen LogP contribution in [0.2, 0.25) is 0 Å². The van der Waals surface area contributed by atoms with Crippen LogP contribution >= 0.6 is 12.4 Å². The standard InChI is InChI=1S/C26H22N4O2.ClH/c31-25(30-23-17-22(23)18-7-2-1-3-8-18)21-9-6-16-28-26(21)32-20-13-11-19(12-14-20)29-24-10-4-5-15-27-24;/h1-16,22-23H,17H2,(H,27,29)(H,30,31);1H/t22-,23+;/m1./s1. The Hall–Kier alpha value is -3.90. The topological polar surface area (TPSA) is 76.1 Å². The molecule has 0 unspecified atom stereocenters. The number of benzene rings is 2. The van der Waals surface area contributed by atoms with Crippen LogP contribution in [0.15, 0.2) is 97.3 Å². The minimum Gasteiger partial charge on any atom is -0.438 e. The van der Waals surface area contributed by atoms with Crippen LogP contribution in [0, 0.1) is 0 Å². The molecule has 0 bridgehead atoms. The van der Waals surface area contributed by atoms with E-state index in [1.165, 1.54) is 5.56 Å². The lowest BCUT2D eigenvalue weighted by molar-refractivity contribution is 0.0947. The van der Waals surface area contributed by atoms with Crippen LogP contribution in [0.1, 0.15) is 28.3 Å². The van der Waals surface area contributed by atoms with Crippen LogP contribution < -0.4 is 15.4 Å². The first-order valence-corrected chi connectivity index (χ1v) is 10.5. The normalized spacial score (nSPS) is 16.2. The first-order chi connectivity index (χ1) is 15.8. The number of hydrogen-bond acceptors (Lipinski definition) is 5. The summed E-state index contributed by atoms with van der Waals surface area (Å²) in [7, 11) is 0. The lowest BCUT2D eigenvalue weighted by Gasteiger charge is -2.11. The van der Waals surface area contributed by atoms with Gasteiger partial charge in [-0.05, 0) is 60.5 Å². The molecular formula is C26H23ClN4O2. The zero-order chi connectivity index (χ0) is 21.8. The van der Waals surface area contributed by atoms with Gasteiger partial charge in [0, 0.05) is 30.0 Å². The van der Waals surface area contributed by atoms with Gasteiger partial charge in [-0.1, -0.05) is 36.4 Å². The van der Waals surface area contributed by atoms with E-state index in [-0.39, 0.29) is 30.2 Å². The highest BCUT2D eigenvalue weighted by Crippen LogP contribution is 2.41. The molecule has 2 aromatic carbocycles. The summed E-state index contributed by atoms with van der Waals surface area (Å²) < 4.78 is 5.93. The maximum absolute atomic E-state index is 12.9. The number of rotatable bonds is 7. The molecule has 1 fully saturated rings. The number of nitrogens with zero attached hydrogens (tertiary/aromatic N) is 2. The maximum atomic E-state index is 12.9. The van der Waals surface area contributed by atoms with E-state index in [1.807, 2.05) is 60.7 Å². The molecule has 2 aromatic heterocycles. The van der Waals surface area contributed by atoms with E-state index < -0.39 is 0 Å². The van der Waals surface area contributed by atoms with Gasteiger partial charge in [-0.15, -0.1) is 12.4 Å². The molecule has 0 saturated heterocycles. The molecule has 2 heterocycles. The molecule has 7 heteroatoms. The fourth-order valence-electron chi connectivity index (χ4n) is 3.62. The number of ether oxygens (including phenoxy) is 1. The van der Waals surface area contributed by atoms with Crippen LogP contribution in [0.5, 0.6) is 11.6 Å². The number of anilines is 2. The third-order valence-corrected chi connectivity index (χ3v) is 5.36. The molecule has 0 radical (unpaired) electrons. The number of amides is 1. The van der Waals surface area contributed by atoms with E-state index in [0.29, 0.717) is 17.2 Å². The van der Waals surface area contributed by atoms with Crippen LogP contribution in [0.4, 0.5) is 11.5 Å². The predicted octanol–water partition coefficient (Wildman–Crippen LogP) is 5.72. The summed E-state index contributed by atoms with van der Waals surface area (Å²) in [6, 6.07) is 27.0. The van der Waals surface area contributed by atoms with Gasteiger partial charge in [-0.25, -0.2) is 9.97 Å². The lowest BCUT2D eigenvalue weighted by Crippen LogP contribution is -2.27. The third-order valence-electron chi connectivity index (χ3n) is 5.36. The van der Waals surface area contributed by atoms with E-state index >= 15 is 0 Å². The smallest absolute Gasteiger partial charge is 0.257 e. The Morgan fingerprint density at radius 1 is 0.848 bits per heavy atom. The van der Waals surface area contributed by atoms with Crippen molar-refractivity contribution in [2.75, 3.05) is 5.32 Å². The van der Waals surface area contributed by atoms with Gasteiger partial charge in [0.05, 0.1) is 0 Å². The van der Waals surface area contributed by atoms with Crippen molar-refractivity contribution in [3.63, 3.8) is 0 Å². The van der Waals surface area contributed by atoms with E-state index in [0.717, 1.165) is 17.9 Å². The molecule has 0 spiro atoms. The van der Waals surface area contributed by atoms with Gasteiger partial charge in [-0.2, -0.15) is 0 Å². The molecular weight excluding hydrogens is 436 g/mol. The summed E-state index contributed by atoms with van der Waals surface area (Å²) in [5, 5.41) is 6.33. The summed E-state index contributed by atoms with van der Waals surface area (Å²) in [4.78, 5) is 21.4. The summed E-state index contributed by atoms with van der Waals surface area (Å²) in [6.07, 6.45) is 4.29. The highest BCUT2D eigenvalue weighted by Gasteiger charge is 2.39. The van der Waals surface area contributed by atoms with Crippen LogP contribution in [0.25, 0.3) is 0 Å². The van der Waals surface area contributed by atoms with E-state index in [1.54, 1.807) is 24.5 Å². The second kappa shape index (κ2) is 10.1. The van der Waals surface area contributed by atoms with Gasteiger partial charge in [0.1, 0.15) is 17.1 Å². The first kappa shape index (κ1) is 22.3. The van der Waals surface area contributed by atoms with Gasteiger partial charge in [0.25, 0.3) is 5.91 Å². The Morgan fingerprint density at radius 3 is 2.36 bits per heavy atom. The van der Waals surface area contributed by atoms with Crippen molar-refractivity contribution < 1.29 is 9.53 Å². The second-order valence-corrected chi connectivity index (χ2v) is 7.66. The van der Waals surface area contributed by atoms with Gasteiger partial charge < -0.3 is 15.4 Å². The quantitative estimate of drug-likeness (QED) is 0.370. The van der Waals surface area contributed by atoms with Crippen molar-refractivity contribution in [3.8, 4) is 11.6 Å². The second-order valence-electron chi connectivity index (χ2n) is 7.66. The zero-order valence-corrected chi connectivity index (χ0v) is 18.5. The van der Waals surface area contributed by atoms with E-state index in [4.69, 9.17) is 4.74 Å². The van der Waals surface area contributed by atoms with Crippen LogP contribution in [-0.4, -0.2) is 21.9 Å². The lowest BCUT2D eigenvalue weighted by atomic mass is 10.1. The fourth-order valence-corrected chi connectivity index (χ4v) is 3.62. The van der Waals surface area contributed by atoms with Crippen molar-refractivity contribution in [1.29, 1.82) is 0 Å². The Bertz CT molecular complexity index is 1200. The van der Waals surface area contributed by atoms with Crippen LogP contribution in [0.3, 0.4) is 0 Å². The van der Waals surface area contributed by atoms with Gasteiger partial charge in [0.2, 0.25) is 5.88 Å². The fraction of sp³-hybridized carbons (Fsp3) is 0.115. The molecule has 1 aliphatic rings. The number of halogens is 1. The molecule has 4 aromatic rings. The highest BCUT2D eigenvalue weighted by molar-refractivity contribution is 5.96. The van der Waals surface area contributed by atoms with Crippen molar-refractivity contribution in [1.82, 2.24) is 15.3 Å². The summed E-state index contributed by atoms with van der Waals surface area (Å²) >= 11 is 0. The third kappa shape index (κ3) is 5.48. The first-order valence-electron chi connectivity index (χ1n) is 10.5. The van der Waals surface area contributed by atoms with E-state index in [9.17, 15) is 4.79 Å². The monoisotopic (exact) mass is 458 g/mol. The van der Waals surface area contributed by atoms with Crippen molar-refractivity contribution in [3.05, 3.63) is 108 Å². The Morgan fingerprint density at radius 2 is 1.61 bits per heavy atom. The largest absolute Gasteiger partial charge is 0.438 e. The number of pyridine rings is 2. The molecule has 1 amide bonds. The van der Waals surface area contributed by atoms with E-state index in [2.05, 4.69) is 32.7 Å².